The normalized spacial score (nSPS) is 11.9. The van der Waals surface area contributed by atoms with Crippen LogP contribution in [0.15, 0.2) is 227 Å². The van der Waals surface area contributed by atoms with Crippen LogP contribution in [0.4, 0.5) is 17.1 Å². The Morgan fingerprint density at radius 1 is 0.371 bits per heavy atom. The molecule has 0 aliphatic heterocycles. The highest BCUT2D eigenvalue weighted by Crippen LogP contribution is 2.49. The summed E-state index contributed by atoms with van der Waals surface area (Å²) in [7, 11) is 0. The smallest absolute Gasteiger partial charge is 0.145 e. The number of hydrogen-bond donors (Lipinski definition) is 0. The fourth-order valence-electron chi connectivity index (χ4n) is 9.80. The maximum atomic E-state index is 6.80. The van der Waals surface area contributed by atoms with Crippen LogP contribution in [-0.4, -0.2) is 4.57 Å². The summed E-state index contributed by atoms with van der Waals surface area (Å²) in [5.41, 5.74) is 14.5. The minimum atomic E-state index is 0.842. The van der Waals surface area contributed by atoms with E-state index in [9.17, 15) is 0 Å². The molecule has 0 fully saturated rings. The van der Waals surface area contributed by atoms with Gasteiger partial charge < -0.3 is 18.3 Å². The zero-order valence-corrected chi connectivity index (χ0v) is 33.5. The van der Waals surface area contributed by atoms with Gasteiger partial charge in [0, 0.05) is 43.9 Å². The average molecular weight is 793 g/mol. The second kappa shape index (κ2) is 13.6. The van der Waals surface area contributed by atoms with Gasteiger partial charge in [0.05, 0.1) is 33.2 Å². The number of furan rings is 2. The molecule has 0 spiro atoms. The maximum absolute atomic E-state index is 6.80. The SMILES string of the molecule is c1ccc(-c2ccc(N(c3ccc(-c4ccc5c6ccc7ccccc7c6n(-c6ccccc6)c5c4)cc3)c3cccc4oc5ccccc5c34)c3c2oc2ccccc23)cc1. The first kappa shape index (κ1) is 34.5. The van der Waals surface area contributed by atoms with Gasteiger partial charge in [-0.05, 0) is 88.8 Å². The summed E-state index contributed by atoms with van der Waals surface area (Å²) in [6.45, 7) is 0. The highest BCUT2D eigenvalue weighted by atomic mass is 16.3. The van der Waals surface area contributed by atoms with Crippen LogP contribution < -0.4 is 4.90 Å². The molecular weight excluding hydrogens is 757 g/mol. The molecule has 3 aromatic heterocycles. The van der Waals surface area contributed by atoms with Crippen molar-refractivity contribution in [1.29, 1.82) is 0 Å². The van der Waals surface area contributed by atoms with Gasteiger partial charge >= 0.3 is 0 Å². The lowest BCUT2D eigenvalue weighted by Crippen LogP contribution is -2.11. The molecule has 0 atom stereocenters. The molecule has 4 heteroatoms. The van der Waals surface area contributed by atoms with E-state index in [-0.39, 0.29) is 0 Å². The largest absolute Gasteiger partial charge is 0.456 e. The minimum absolute atomic E-state index is 0.842. The minimum Gasteiger partial charge on any atom is -0.456 e. The fraction of sp³-hybridized carbons (Fsp3) is 0. The molecule has 290 valence electrons. The first-order valence-electron chi connectivity index (χ1n) is 21.1. The van der Waals surface area contributed by atoms with E-state index in [0.29, 0.717) is 0 Å². The van der Waals surface area contributed by atoms with Crippen molar-refractivity contribution >= 4 is 93.5 Å². The Morgan fingerprint density at radius 3 is 1.81 bits per heavy atom. The first-order chi connectivity index (χ1) is 30.8. The van der Waals surface area contributed by atoms with Gasteiger partial charge in [0.25, 0.3) is 0 Å². The van der Waals surface area contributed by atoms with E-state index >= 15 is 0 Å². The van der Waals surface area contributed by atoms with Gasteiger partial charge in [-0.25, -0.2) is 0 Å². The molecule has 62 heavy (non-hydrogen) atoms. The van der Waals surface area contributed by atoms with Crippen LogP contribution >= 0.6 is 0 Å². The third-order valence-electron chi connectivity index (χ3n) is 12.6. The zero-order valence-electron chi connectivity index (χ0n) is 33.5. The summed E-state index contributed by atoms with van der Waals surface area (Å²) < 4.78 is 15.7. The molecule has 0 amide bonds. The second-order valence-electron chi connectivity index (χ2n) is 16.0. The van der Waals surface area contributed by atoms with Gasteiger partial charge in [0.2, 0.25) is 0 Å². The highest BCUT2D eigenvalue weighted by molar-refractivity contribution is 6.21. The molecule has 0 saturated heterocycles. The second-order valence-corrected chi connectivity index (χ2v) is 16.0. The number of hydrogen-bond acceptors (Lipinski definition) is 3. The van der Waals surface area contributed by atoms with Crippen molar-refractivity contribution in [2.45, 2.75) is 0 Å². The van der Waals surface area contributed by atoms with Crippen molar-refractivity contribution in [3.8, 4) is 27.9 Å². The fourth-order valence-corrected chi connectivity index (χ4v) is 9.80. The van der Waals surface area contributed by atoms with Crippen LogP contribution in [0.5, 0.6) is 0 Å². The number of para-hydroxylation sites is 3. The van der Waals surface area contributed by atoms with Crippen molar-refractivity contribution in [3.05, 3.63) is 218 Å². The van der Waals surface area contributed by atoms with Crippen molar-refractivity contribution < 1.29 is 8.83 Å². The van der Waals surface area contributed by atoms with E-state index < -0.39 is 0 Å². The Kier molecular flexibility index (Phi) is 7.57. The highest BCUT2D eigenvalue weighted by Gasteiger charge is 2.25. The Morgan fingerprint density at radius 2 is 1.00 bits per heavy atom. The van der Waals surface area contributed by atoms with Gasteiger partial charge in [-0.15, -0.1) is 0 Å². The number of nitrogens with zero attached hydrogens (tertiary/aromatic N) is 2. The quantitative estimate of drug-likeness (QED) is 0.168. The third-order valence-corrected chi connectivity index (χ3v) is 12.6. The molecule has 0 aliphatic rings. The van der Waals surface area contributed by atoms with Crippen LogP contribution in [0.2, 0.25) is 0 Å². The summed E-state index contributed by atoms with van der Waals surface area (Å²) in [5.74, 6) is 0. The van der Waals surface area contributed by atoms with Crippen LogP contribution in [0.1, 0.15) is 0 Å². The Balaban J connectivity index is 1.03. The van der Waals surface area contributed by atoms with Crippen LogP contribution in [0, 0.1) is 0 Å². The number of anilines is 3. The zero-order chi connectivity index (χ0) is 40.7. The van der Waals surface area contributed by atoms with Crippen LogP contribution in [0.3, 0.4) is 0 Å². The first-order valence-corrected chi connectivity index (χ1v) is 21.1. The molecule has 13 rings (SSSR count). The van der Waals surface area contributed by atoms with Gasteiger partial charge in [-0.2, -0.15) is 0 Å². The Bertz CT molecular complexity index is 3860. The molecule has 10 aromatic carbocycles. The van der Waals surface area contributed by atoms with E-state index in [4.69, 9.17) is 8.83 Å². The van der Waals surface area contributed by atoms with E-state index in [2.05, 4.69) is 210 Å². The molecule has 0 unspecified atom stereocenters. The summed E-state index contributed by atoms with van der Waals surface area (Å²) in [4.78, 5) is 2.38. The van der Waals surface area contributed by atoms with Gasteiger partial charge in [0.15, 0.2) is 0 Å². The van der Waals surface area contributed by atoms with E-state index in [0.717, 1.165) is 88.9 Å². The molecule has 4 nitrogen and oxygen atoms in total. The molecule has 0 saturated carbocycles. The predicted molar refractivity (Wildman–Crippen MR) is 258 cm³/mol. The lowest BCUT2D eigenvalue weighted by molar-refractivity contribution is 0.669. The average Bonchev–Trinajstić information content (AvgIpc) is 4.03. The van der Waals surface area contributed by atoms with Crippen molar-refractivity contribution in [1.82, 2.24) is 4.57 Å². The Hall–Kier alpha value is -8.34. The molecule has 3 heterocycles. The van der Waals surface area contributed by atoms with Crippen molar-refractivity contribution in [2.75, 3.05) is 4.90 Å². The van der Waals surface area contributed by atoms with Gasteiger partial charge in [0.1, 0.15) is 22.3 Å². The van der Waals surface area contributed by atoms with E-state index in [1.807, 2.05) is 18.2 Å². The van der Waals surface area contributed by atoms with Crippen molar-refractivity contribution in [3.63, 3.8) is 0 Å². The molecule has 0 bridgehead atoms. The topological polar surface area (TPSA) is 34.5 Å². The standard InChI is InChI=1S/C58H36N2O2/c1-3-14-38(15-4-1)44-34-35-50(56-48-21-10-12-24-53(48)62-58(44)56)59(49-22-13-25-54-55(49)47-20-9-11-23-52(47)61-54)42-30-26-37(27-31-42)40-29-32-45-46-33-28-39-16-7-8-19-43(39)57(46)60(51(45)36-40)41-17-5-2-6-18-41/h1-36H. The number of rotatable bonds is 6. The molecule has 13 aromatic rings. The monoisotopic (exact) mass is 792 g/mol. The molecule has 0 N–H and O–H groups in total. The summed E-state index contributed by atoms with van der Waals surface area (Å²) in [6.07, 6.45) is 0. The third kappa shape index (κ3) is 5.20. The maximum Gasteiger partial charge on any atom is 0.145 e. The number of aromatic nitrogens is 1. The van der Waals surface area contributed by atoms with E-state index in [1.165, 1.54) is 32.6 Å². The Labute approximate surface area is 356 Å². The predicted octanol–water partition coefficient (Wildman–Crippen LogP) is 16.5. The molecular formula is C58H36N2O2. The molecule has 0 radical (unpaired) electrons. The van der Waals surface area contributed by atoms with Crippen LogP contribution in [-0.2, 0) is 0 Å². The van der Waals surface area contributed by atoms with E-state index in [1.54, 1.807) is 0 Å². The van der Waals surface area contributed by atoms with Gasteiger partial charge in [-0.1, -0.05) is 152 Å². The lowest BCUT2D eigenvalue weighted by atomic mass is 9.99. The number of benzene rings is 10. The summed E-state index contributed by atoms with van der Waals surface area (Å²) >= 11 is 0. The summed E-state index contributed by atoms with van der Waals surface area (Å²) in [5, 5.41) is 9.21. The molecule has 0 aliphatic carbocycles. The summed E-state index contributed by atoms with van der Waals surface area (Å²) in [6, 6.07) is 77.9. The number of fused-ring (bicyclic) bond motifs is 11. The van der Waals surface area contributed by atoms with Gasteiger partial charge in [-0.3, -0.25) is 0 Å². The lowest BCUT2D eigenvalue weighted by Gasteiger charge is -2.27. The van der Waals surface area contributed by atoms with Crippen LogP contribution in [0.25, 0.3) is 104 Å². The van der Waals surface area contributed by atoms with Crippen molar-refractivity contribution in [2.24, 2.45) is 0 Å².